The van der Waals surface area contributed by atoms with Crippen LogP contribution in [0.3, 0.4) is 0 Å². The summed E-state index contributed by atoms with van der Waals surface area (Å²) in [7, 11) is 0. The van der Waals surface area contributed by atoms with Crippen molar-refractivity contribution in [2.24, 2.45) is 0 Å². The summed E-state index contributed by atoms with van der Waals surface area (Å²) in [5.74, 6) is 0.0683. The van der Waals surface area contributed by atoms with Gasteiger partial charge >= 0.3 is 0 Å². The summed E-state index contributed by atoms with van der Waals surface area (Å²) in [5, 5.41) is 3.27. The highest BCUT2D eigenvalue weighted by Crippen LogP contribution is 2.20. The molecule has 2 aliphatic rings. The molecular formula is C12H15N3O2. The number of nitrogens with zero attached hydrogens (tertiary/aromatic N) is 2. The monoisotopic (exact) mass is 233 g/mol. The fraction of sp³-hybridized carbons (Fsp3) is 0.500. The van der Waals surface area contributed by atoms with Crippen LogP contribution in [0.4, 0.5) is 0 Å². The van der Waals surface area contributed by atoms with Crippen LogP contribution in [0.1, 0.15) is 5.56 Å². The third kappa shape index (κ3) is 2.03. The number of hydrogen-bond donors (Lipinski definition) is 1. The Balaban J connectivity index is 1.78. The molecule has 5 nitrogen and oxygen atoms in total. The van der Waals surface area contributed by atoms with Crippen LogP contribution >= 0.6 is 0 Å². The van der Waals surface area contributed by atoms with E-state index in [1.54, 1.807) is 12.4 Å². The lowest BCUT2D eigenvalue weighted by molar-refractivity contribution is -0.153. The number of amides is 1. The van der Waals surface area contributed by atoms with Gasteiger partial charge in [-0.1, -0.05) is 6.07 Å². The van der Waals surface area contributed by atoms with Gasteiger partial charge in [-0.25, -0.2) is 0 Å². The first-order chi connectivity index (χ1) is 8.34. The Bertz CT molecular complexity index is 409. The maximum atomic E-state index is 11.9. The van der Waals surface area contributed by atoms with Gasteiger partial charge in [-0.15, -0.1) is 0 Å². The maximum absolute atomic E-state index is 11.9. The van der Waals surface area contributed by atoms with Crippen molar-refractivity contribution in [3.8, 4) is 0 Å². The average Bonchev–Trinajstić information content (AvgIpc) is 2.83. The van der Waals surface area contributed by atoms with Crippen molar-refractivity contribution in [1.82, 2.24) is 15.2 Å². The summed E-state index contributed by atoms with van der Waals surface area (Å²) in [6.45, 7) is 2.47. The molecule has 1 N–H and O–H groups in total. The fourth-order valence-electron chi connectivity index (χ4n) is 2.46. The number of fused-ring (bicyclic) bond motifs is 1. The standard InChI is InChI=1S/C12H15N3O2/c16-12-8-17-11-6-14-5-10(11)15(12)7-9-2-1-3-13-4-9/h1-4,10-11,14H,5-8H2/t10-,11-/m1/s1. The molecule has 0 radical (unpaired) electrons. The third-order valence-corrected chi connectivity index (χ3v) is 3.35. The predicted molar refractivity (Wildman–Crippen MR) is 61.2 cm³/mol. The van der Waals surface area contributed by atoms with Crippen LogP contribution in [0.5, 0.6) is 0 Å². The summed E-state index contributed by atoms with van der Waals surface area (Å²) in [6, 6.07) is 4.05. The second-order valence-electron chi connectivity index (χ2n) is 4.46. The van der Waals surface area contributed by atoms with Crippen LogP contribution < -0.4 is 5.32 Å². The van der Waals surface area contributed by atoms with E-state index in [1.165, 1.54) is 0 Å². The molecule has 0 spiro atoms. The van der Waals surface area contributed by atoms with E-state index in [1.807, 2.05) is 17.0 Å². The van der Waals surface area contributed by atoms with Gasteiger partial charge in [0.2, 0.25) is 5.91 Å². The van der Waals surface area contributed by atoms with Gasteiger partial charge in [0.1, 0.15) is 6.61 Å². The molecule has 17 heavy (non-hydrogen) atoms. The summed E-state index contributed by atoms with van der Waals surface area (Å²) >= 11 is 0. The van der Waals surface area contributed by atoms with E-state index in [-0.39, 0.29) is 24.7 Å². The summed E-state index contributed by atoms with van der Waals surface area (Å²) in [4.78, 5) is 17.9. The Hall–Kier alpha value is -1.46. The molecule has 3 heterocycles. The predicted octanol–water partition coefficient (Wildman–Crippen LogP) is -0.219. The smallest absolute Gasteiger partial charge is 0.249 e. The molecule has 3 rings (SSSR count). The number of ether oxygens (including phenoxy) is 1. The molecule has 5 heteroatoms. The molecule has 1 aromatic heterocycles. The topological polar surface area (TPSA) is 54.5 Å². The van der Waals surface area contributed by atoms with Gasteiger partial charge in [-0.05, 0) is 11.6 Å². The first kappa shape index (κ1) is 10.7. The van der Waals surface area contributed by atoms with E-state index in [9.17, 15) is 4.79 Å². The lowest BCUT2D eigenvalue weighted by Crippen LogP contribution is -2.53. The van der Waals surface area contributed by atoms with E-state index in [4.69, 9.17) is 4.74 Å². The second-order valence-corrected chi connectivity index (χ2v) is 4.46. The quantitative estimate of drug-likeness (QED) is 0.767. The summed E-state index contributed by atoms with van der Waals surface area (Å²) < 4.78 is 5.51. The number of aromatic nitrogens is 1. The van der Waals surface area contributed by atoms with Gasteiger partial charge in [0.05, 0.1) is 12.1 Å². The first-order valence-electron chi connectivity index (χ1n) is 5.85. The molecular weight excluding hydrogens is 218 g/mol. The highest BCUT2D eigenvalue weighted by Gasteiger charge is 2.39. The van der Waals surface area contributed by atoms with Crippen molar-refractivity contribution >= 4 is 5.91 Å². The molecule has 1 aromatic rings. The fourth-order valence-corrected chi connectivity index (χ4v) is 2.46. The largest absolute Gasteiger partial charge is 0.365 e. The number of nitrogens with one attached hydrogen (secondary N) is 1. The number of carbonyl (C=O) groups excluding carboxylic acids is 1. The van der Waals surface area contributed by atoms with Crippen molar-refractivity contribution in [1.29, 1.82) is 0 Å². The molecule has 1 amide bonds. The van der Waals surface area contributed by atoms with E-state index >= 15 is 0 Å². The number of hydrogen-bond acceptors (Lipinski definition) is 4. The Kier molecular flexibility index (Phi) is 2.78. The Morgan fingerprint density at radius 1 is 1.53 bits per heavy atom. The van der Waals surface area contributed by atoms with Gasteiger partial charge in [0.25, 0.3) is 0 Å². The van der Waals surface area contributed by atoms with Crippen LogP contribution in [0, 0.1) is 0 Å². The molecule has 0 unspecified atom stereocenters. The van der Waals surface area contributed by atoms with E-state index in [0.717, 1.165) is 18.7 Å². The van der Waals surface area contributed by atoms with Crippen LogP contribution in [0.2, 0.25) is 0 Å². The van der Waals surface area contributed by atoms with Gasteiger partial charge in [0, 0.05) is 32.0 Å². The van der Waals surface area contributed by atoms with Crippen LogP contribution in [0.25, 0.3) is 0 Å². The van der Waals surface area contributed by atoms with Gasteiger partial charge < -0.3 is 15.0 Å². The molecule has 2 atom stereocenters. The molecule has 2 aliphatic heterocycles. The summed E-state index contributed by atoms with van der Waals surface area (Å²) in [6.07, 6.45) is 3.69. The lowest BCUT2D eigenvalue weighted by atomic mass is 10.1. The van der Waals surface area contributed by atoms with Crippen molar-refractivity contribution < 1.29 is 9.53 Å². The third-order valence-electron chi connectivity index (χ3n) is 3.35. The van der Waals surface area contributed by atoms with Crippen molar-refractivity contribution in [3.63, 3.8) is 0 Å². The van der Waals surface area contributed by atoms with Crippen molar-refractivity contribution in [2.75, 3.05) is 19.7 Å². The highest BCUT2D eigenvalue weighted by molar-refractivity contribution is 5.78. The maximum Gasteiger partial charge on any atom is 0.249 e. The molecule has 0 bridgehead atoms. The molecule has 90 valence electrons. The SMILES string of the molecule is O=C1CO[C@@H]2CNC[C@H]2N1Cc1cccnc1. The van der Waals surface area contributed by atoms with Gasteiger partial charge in [0.15, 0.2) is 0 Å². The van der Waals surface area contributed by atoms with Crippen LogP contribution in [-0.2, 0) is 16.1 Å². The number of morpholine rings is 1. The van der Waals surface area contributed by atoms with Crippen molar-refractivity contribution in [3.05, 3.63) is 30.1 Å². The van der Waals surface area contributed by atoms with Crippen LogP contribution in [0.15, 0.2) is 24.5 Å². The van der Waals surface area contributed by atoms with E-state index in [0.29, 0.717) is 6.54 Å². The molecule has 2 saturated heterocycles. The minimum atomic E-state index is 0.0683. The van der Waals surface area contributed by atoms with Gasteiger partial charge in [-0.3, -0.25) is 9.78 Å². The molecule has 0 aliphatic carbocycles. The zero-order valence-corrected chi connectivity index (χ0v) is 9.50. The number of rotatable bonds is 2. The number of carbonyl (C=O) groups is 1. The summed E-state index contributed by atoms with van der Waals surface area (Å²) in [5.41, 5.74) is 1.06. The normalized spacial score (nSPS) is 28.2. The number of pyridine rings is 1. The molecule has 0 saturated carbocycles. The Morgan fingerprint density at radius 3 is 3.29 bits per heavy atom. The van der Waals surface area contributed by atoms with E-state index < -0.39 is 0 Å². The highest BCUT2D eigenvalue weighted by atomic mass is 16.5. The molecule has 0 aromatic carbocycles. The van der Waals surface area contributed by atoms with Crippen LogP contribution in [-0.4, -0.2) is 47.6 Å². The molecule has 2 fully saturated rings. The minimum absolute atomic E-state index is 0.0683. The van der Waals surface area contributed by atoms with Crippen molar-refractivity contribution in [2.45, 2.75) is 18.7 Å². The Morgan fingerprint density at radius 2 is 2.47 bits per heavy atom. The zero-order valence-electron chi connectivity index (χ0n) is 9.50. The second kappa shape index (κ2) is 4.43. The van der Waals surface area contributed by atoms with E-state index in [2.05, 4.69) is 10.3 Å². The minimum Gasteiger partial charge on any atom is -0.365 e. The Labute approximate surface area is 99.8 Å². The van der Waals surface area contributed by atoms with Gasteiger partial charge in [-0.2, -0.15) is 0 Å². The average molecular weight is 233 g/mol. The lowest BCUT2D eigenvalue weighted by Gasteiger charge is -2.36. The zero-order chi connectivity index (χ0) is 11.7. The first-order valence-corrected chi connectivity index (χ1v) is 5.85.